The van der Waals surface area contributed by atoms with Crippen LogP contribution in [0.3, 0.4) is 0 Å². The summed E-state index contributed by atoms with van der Waals surface area (Å²) in [4.78, 5) is 5.14. The fourth-order valence-electron chi connectivity index (χ4n) is 8.04. The Morgan fingerprint density at radius 1 is 0.400 bits per heavy atom. The number of phenolic OH excluding ortho intramolecular Hbond substituents is 2. The second-order valence-corrected chi connectivity index (χ2v) is 14.5. The third-order valence-electron chi connectivity index (χ3n) is 10.7. The molecule has 2 N–H and O–H groups in total. The molecule has 3 nitrogen and oxygen atoms in total. The first kappa shape index (κ1) is 35.6. The molecule has 55 heavy (non-hydrogen) atoms. The van der Waals surface area contributed by atoms with Crippen molar-refractivity contribution in [3.63, 3.8) is 0 Å². The Morgan fingerprint density at radius 3 is 1.09 bits per heavy atom. The summed E-state index contributed by atoms with van der Waals surface area (Å²) in [5.74, 6) is -1.16. The van der Waals surface area contributed by atoms with Crippen LogP contribution in [0, 0.1) is 45.1 Å². The molecule has 2 unspecified atom stereocenters. The van der Waals surface area contributed by atoms with E-state index >= 15 is 0 Å². The van der Waals surface area contributed by atoms with Gasteiger partial charge in [0, 0.05) is 28.2 Å². The van der Waals surface area contributed by atoms with E-state index in [1.807, 2.05) is 76.2 Å². The van der Waals surface area contributed by atoms with Crippen molar-refractivity contribution < 1.29 is 23.4 Å². The van der Waals surface area contributed by atoms with Crippen molar-refractivity contribution in [1.29, 1.82) is 0 Å². The van der Waals surface area contributed by atoms with Gasteiger partial charge in [0.15, 0.2) is 0 Å². The molecule has 272 valence electrons. The molecule has 0 fully saturated rings. The number of aromatic hydroxyl groups is 2. The van der Waals surface area contributed by atoms with Crippen molar-refractivity contribution >= 4 is 21.8 Å². The molecule has 0 aliphatic carbocycles. The van der Waals surface area contributed by atoms with Crippen LogP contribution in [0.1, 0.15) is 67.5 Å². The zero-order chi connectivity index (χ0) is 38.5. The van der Waals surface area contributed by atoms with Gasteiger partial charge in [-0.25, -0.2) is 18.2 Å². The molecule has 6 heteroatoms. The molecule has 0 bridgehead atoms. The van der Waals surface area contributed by atoms with Gasteiger partial charge in [0.2, 0.25) is 0 Å². The minimum atomic E-state index is -0.350. The lowest BCUT2D eigenvalue weighted by atomic mass is 9.81. The van der Waals surface area contributed by atoms with Crippen molar-refractivity contribution in [2.75, 3.05) is 0 Å². The highest BCUT2D eigenvalue weighted by molar-refractivity contribution is 6.10. The second-order valence-electron chi connectivity index (χ2n) is 14.5. The minimum Gasteiger partial charge on any atom is -0.507 e. The summed E-state index contributed by atoms with van der Waals surface area (Å²) in [7, 11) is 0. The average Bonchev–Trinajstić information content (AvgIpc) is 3.17. The average molecular weight is 730 g/mol. The number of hydrogen-bond acceptors (Lipinski definition) is 3. The van der Waals surface area contributed by atoms with Crippen molar-refractivity contribution in [3.05, 3.63) is 207 Å². The minimum absolute atomic E-state index is 0.238. The van der Waals surface area contributed by atoms with E-state index in [4.69, 9.17) is 4.98 Å². The van der Waals surface area contributed by atoms with Crippen LogP contribution in [0.15, 0.2) is 133 Å². The standard InChI is InChI=1S/C49H38F3NO2/c1-27-21-36(22-28(2)48(27)54)45(31-5-13-38(50)14-6-31)34-11-19-43-41(25-34)47(33-9-17-40(52)18-10-33)42-26-35(12-20-44(42)53-43)46(32-7-15-39(51)16-8-32)37-23-29(3)49(55)30(4)24-37/h5-26,45-46,54-55H,1-4H3. The van der Waals surface area contributed by atoms with Crippen LogP contribution < -0.4 is 0 Å². The Kier molecular flexibility index (Phi) is 9.14. The van der Waals surface area contributed by atoms with Crippen molar-refractivity contribution in [2.45, 2.75) is 39.5 Å². The molecule has 1 heterocycles. The van der Waals surface area contributed by atoms with Gasteiger partial charge in [-0.3, -0.25) is 0 Å². The van der Waals surface area contributed by atoms with Crippen LogP contribution in [0.5, 0.6) is 11.5 Å². The molecular weight excluding hydrogens is 692 g/mol. The highest BCUT2D eigenvalue weighted by Gasteiger charge is 2.24. The first-order valence-corrected chi connectivity index (χ1v) is 18.2. The van der Waals surface area contributed by atoms with E-state index in [2.05, 4.69) is 12.1 Å². The molecule has 1 aromatic heterocycles. The SMILES string of the molecule is Cc1cc(C(c2ccc(F)cc2)c2ccc3nc4ccc(C(c5ccc(F)cc5)c5cc(C)c(O)c(C)c5)cc4c(-c4ccc(F)cc4)c3c2)cc(C)c1O. The summed E-state index contributed by atoms with van der Waals surface area (Å²) in [6.45, 7) is 7.48. The van der Waals surface area contributed by atoms with Crippen LogP contribution >= 0.6 is 0 Å². The monoisotopic (exact) mass is 729 g/mol. The summed E-state index contributed by atoms with van der Waals surface area (Å²) in [6.07, 6.45) is 0. The molecule has 0 amide bonds. The Bertz CT molecular complexity index is 2530. The normalized spacial score (nSPS) is 12.6. The molecule has 0 saturated carbocycles. The van der Waals surface area contributed by atoms with E-state index in [-0.39, 0.29) is 40.8 Å². The number of hydrogen-bond donors (Lipinski definition) is 2. The third-order valence-corrected chi connectivity index (χ3v) is 10.7. The number of rotatable bonds is 7. The van der Waals surface area contributed by atoms with Crippen molar-refractivity contribution in [1.82, 2.24) is 4.98 Å². The molecular formula is C49H38F3NO2. The van der Waals surface area contributed by atoms with Crippen LogP contribution in [0.4, 0.5) is 13.2 Å². The first-order valence-electron chi connectivity index (χ1n) is 18.2. The number of aryl methyl sites for hydroxylation is 4. The van der Waals surface area contributed by atoms with Crippen molar-refractivity contribution in [2.24, 2.45) is 0 Å². The Hall–Kier alpha value is -6.40. The second kappa shape index (κ2) is 14.1. The van der Waals surface area contributed by atoms with Crippen LogP contribution in [0.25, 0.3) is 32.9 Å². The van der Waals surface area contributed by atoms with E-state index in [0.29, 0.717) is 0 Å². The van der Waals surface area contributed by atoms with E-state index in [9.17, 15) is 23.4 Å². The highest BCUT2D eigenvalue weighted by atomic mass is 19.1. The summed E-state index contributed by atoms with van der Waals surface area (Å²) < 4.78 is 43.0. The fraction of sp³-hybridized carbons (Fsp3) is 0.122. The van der Waals surface area contributed by atoms with Gasteiger partial charge in [-0.15, -0.1) is 0 Å². The summed E-state index contributed by atoms with van der Waals surface area (Å²) in [6, 6.07) is 39.6. The summed E-state index contributed by atoms with van der Waals surface area (Å²) in [5, 5.41) is 23.0. The third kappa shape index (κ3) is 6.69. The molecule has 8 rings (SSSR count). The van der Waals surface area contributed by atoms with E-state index in [0.717, 1.165) is 88.6 Å². The lowest BCUT2D eigenvalue weighted by Crippen LogP contribution is -2.06. The number of fused-ring (bicyclic) bond motifs is 2. The first-order chi connectivity index (χ1) is 26.4. The van der Waals surface area contributed by atoms with Gasteiger partial charge in [0.1, 0.15) is 29.0 Å². The lowest BCUT2D eigenvalue weighted by Gasteiger charge is -2.23. The maximum atomic E-state index is 14.5. The van der Waals surface area contributed by atoms with E-state index in [1.165, 1.54) is 36.4 Å². The molecule has 0 aliphatic rings. The van der Waals surface area contributed by atoms with Gasteiger partial charge in [-0.05, 0) is 150 Å². The number of benzene rings is 7. The highest BCUT2D eigenvalue weighted by Crippen LogP contribution is 2.43. The maximum Gasteiger partial charge on any atom is 0.123 e. The summed E-state index contributed by atoms with van der Waals surface area (Å²) in [5.41, 5.74) is 11.7. The molecule has 7 aromatic carbocycles. The van der Waals surface area contributed by atoms with Crippen molar-refractivity contribution in [3.8, 4) is 22.6 Å². The zero-order valence-corrected chi connectivity index (χ0v) is 30.8. The van der Waals surface area contributed by atoms with Gasteiger partial charge >= 0.3 is 0 Å². The number of aromatic nitrogens is 1. The van der Waals surface area contributed by atoms with Crippen LogP contribution in [0.2, 0.25) is 0 Å². The lowest BCUT2D eigenvalue weighted by molar-refractivity contribution is 0.466. The van der Waals surface area contributed by atoms with Gasteiger partial charge < -0.3 is 10.2 Å². The molecule has 0 saturated heterocycles. The largest absolute Gasteiger partial charge is 0.507 e. The molecule has 2 atom stereocenters. The molecule has 0 spiro atoms. The number of pyridine rings is 1. The Labute approximate surface area is 318 Å². The summed E-state index contributed by atoms with van der Waals surface area (Å²) >= 11 is 0. The number of nitrogens with zero attached hydrogens (tertiary/aromatic N) is 1. The zero-order valence-electron chi connectivity index (χ0n) is 30.8. The molecule has 8 aromatic rings. The molecule has 0 radical (unpaired) electrons. The maximum absolute atomic E-state index is 14.5. The predicted octanol–water partition coefficient (Wildman–Crippen LogP) is 12.5. The number of phenols is 2. The Morgan fingerprint density at radius 2 is 0.727 bits per heavy atom. The van der Waals surface area contributed by atoms with Gasteiger partial charge in [0.05, 0.1) is 11.0 Å². The van der Waals surface area contributed by atoms with E-state index in [1.54, 1.807) is 36.4 Å². The van der Waals surface area contributed by atoms with Gasteiger partial charge in [0.25, 0.3) is 0 Å². The van der Waals surface area contributed by atoms with Crippen LogP contribution in [-0.4, -0.2) is 15.2 Å². The molecule has 0 aliphatic heterocycles. The van der Waals surface area contributed by atoms with Crippen LogP contribution in [-0.2, 0) is 0 Å². The quantitative estimate of drug-likeness (QED) is 0.127. The smallest absolute Gasteiger partial charge is 0.123 e. The predicted molar refractivity (Wildman–Crippen MR) is 214 cm³/mol. The van der Waals surface area contributed by atoms with E-state index < -0.39 is 0 Å². The van der Waals surface area contributed by atoms with Gasteiger partial charge in [-0.2, -0.15) is 0 Å². The topological polar surface area (TPSA) is 53.4 Å². The van der Waals surface area contributed by atoms with Gasteiger partial charge in [-0.1, -0.05) is 72.8 Å². The Balaban J connectivity index is 1.41. The fourth-order valence-corrected chi connectivity index (χ4v) is 8.04. The number of halogens is 3.